The van der Waals surface area contributed by atoms with Crippen molar-refractivity contribution < 1.29 is 4.74 Å². The van der Waals surface area contributed by atoms with Gasteiger partial charge in [-0.1, -0.05) is 12.8 Å². The molecule has 1 aromatic rings. The Hall–Kier alpha value is -1.23. The second-order valence-corrected chi connectivity index (χ2v) is 3.62. The van der Waals surface area contributed by atoms with Crippen LogP contribution in [0.15, 0.2) is 6.20 Å². The van der Waals surface area contributed by atoms with Gasteiger partial charge in [-0.15, -0.1) is 0 Å². The highest BCUT2D eigenvalue weighted by atomic mass is 16.5. The van der Waals surface area contributed by atoms with Crippen LogP contribution in [0.1, 0.15) is 25.7 Å². The summed E-state index contributed by atoms with van der Waals surface area (Å²) in [6.45, 7) is 1.69. The van der Waals surface area contributed by atoms with Crippen LogP contribution in [0.3, 0.4) is 0 Å². The van der Waals surface area contributed by atoms with Crippen molar-refractivity contribution in [2.75, 3.05) is 25.2 Å². The summed E-state index contributed by atoms with van der Waals surface area (Å²) >= 11 is 0. The second-order valence-electron chi connectivity index (χ2n) is 3.62. The van der Waals surface area contributed by atoms with E-state index in [1.807, 2.05) is 0 Å². The molecule has 0 radical (unpaired) electrons. The molecule has 0 fully saturated rings. The molecule has 5 nitrogen and oxygen atoms in total. The molecule has 0 aliphatic rings. The summed E-state index contributed by atoms with van der Waals surface area (Å²) in [5.41, 5.74) is 11.9. The van der Waals surface area contributed by atoms with Crippen LogP contribution in [0.5, 0.6) is 0 Å². The summed E-state index contributed by atoms with van der Waals surface area (Å²) in [5, 5.41) is 4.09. The van der Waals surface area contributed by atoms with E-state index < -0.39 is 0 Å². The Bertz CT molecular complexity index is 285. The minimum absolute atomic E-state index is 0.564. The first kappa shape index (κ1) is 11.8. The maximum absolute atomic E-state index is 5.72. The monoisotopic (exact) mass is 212 g/mol. The van der Waals surface area contributed by atoms with Gasteiger partial charge in [0, 0.05) is 20.3 Å². The standard InChI is InChI=1S/C10H20N4O/c1-15-7-5-3-2-4-6-14-10(12)9(11)8-13-14/h8H,2-7,11-12H2,1H3. The van der Waals surface area contributed by atoms with Crippen LogP contribution in [-0.4, -0.2) is 23.5 Å². The molecule has 0 aliphatic carbocycles. The van der Waals surface area contributed by atoms with E-state index in [0.717, 1.165) is 26.0 Å². The fraction of sp³-hybridized carbons (Fsp3) is 0.700. The van der Waals surface area contributed by atoms with Gasteiger partial charge in [0.05, 0.1) is 11.9 Å². The molecule has 4 N–H and O–H groups in total. The summed E-state index contributed by atoms with van der Waals surface area (Å²) < 4.78 is 6.73. The first-order valence-electron chi connectivity index (χ1n) is 5.31. The summed E-state index contributed by atoms with van der Waals surface area (Å²) in [7, 11) is 1.73. The molecular formula is C10H20N4O. The van der Waals surface area contributed by atoms with Crippen LogP contribution in [0.4, 0.5) is 11.5 Å². The molecule has 0 bridgehead atoms. The first-order valence-corrected chi connectivity index (χ1v) is 5.31. The van der Waals surface area contributed by atoms with Gasteiger partial charge in [0.2, 0.25) is 0 Å². The lowest BCUT2D eigenvalue weighted by atomic mass is 10.2. The molecule has 0 saturated carbocycles. The van der Waals surface area contributed by atoms with Crippen LogP contribution < -0.4 is 11.5 Å². The molecule has 15 heavy (non-hydrogen) atoms. The number of nitrogens with two attached hydrogens (primary N) is 2. The minimum Gasteiger partial charge on any atom is -0.394 e. The van der Waals surface area contributed by atoms with Crippen LogP contribution in [0.2, 0.25) is 0 Å². The Balaban J connectivity index is 2.12. The Kier molecular flexibility index (Phi) is 4.97. The van der Waals surface area contributed by atoms with Gasteiger partial charge in [0.25, 0.3) is 0 Å². The number of nitrogens with zero attached hydrogens (tertiary/aromatic N) is 2. The molecule has 0 amide bonds. The van der Waals surface area contributed by atoms with Crippen molar-refractivity contribution in [3.63, 3.8) is 0 Å². The molecule has 86 valence electrons. The number of aryl methyl sites for hydroxylation is 1. The highest BCUT2D eigenvalue weighted by Gasteiger charge is 2.02. The molecule has 5 heteroatoms. The Morgan fingerprint density at radius 1 is 1.27 bits per heavy atom. The van der Waals surface area contributed by atoms with Gasteiger partial charge in [0.15, 0.2) is 0 Å². The lowest BCUT2D eigenvalue weighted by molar-refractivity contribution is 0.192. The maximum Gasteiger partial charge on any atom is 0.145 e. The lowest BCUT2D eigenvalue weighted by Gasteiger charge is -2.04. The van der Waals surface area contributed by atoms with E-state index >= 15 is 0 Å². The summed E-state index contributed by atoms with van der Waals surface area (Å²) in [5.74, 6) is 0.576. The van der Waals surface area contributed by atoms with Gasteiger partial charge >= 0.3 is 0 Å². The van der Waals surface area contributed by atoms with Crippen molar-refractivity contribution in [1.82, 2.24) is 9.78 Å². The van der Waals surface area contributed by atoms with Gasteiger partial charge in [-0.2, -0.15) is 5.10 Å². The van der Waals surface area contributed by atoms with Crippen LogP contribution in [0.25, 0.3) is 0 Å². The number of aromatic nitrogens is 2. The number of hydrogen-bond acceptors (Lipinski definition) is 4. The number of nitrogen functional groups attached to an aromatic ring is 2. The number of anilines is 2. The third kappa shape index (κ3) is 3.79. The summed E-state index contributed by atoms with van der Waals surface area (Å²) in [4.78, 5) is 0. The molecule has 0 aromatic carbocycles. The quantitative estimate of drug-likeness (QED) is 0.667. The normalized spacial score (nSPS) is 10.7. The van der Waals surface area contributed by atoms with E-state index in [0.29, 0.717) is 11.5 Å². The minimum atomic E-state index is 0.564. The fourth-order valence-electron chi connectivity index (χ4n) is 1.45. The Morgan fingerprint density at radius 2 is 2.00 bits per heavy atom. The smallest absolute Gasteiger partial charge is 0.145 e. The molecule has 1 aromatic heterocycles. The molecule has 0 atom stereocenters. The molecule has 0 saturated heterocycles. The maximum atomic E-state index is 5.72. The second kappa shape index (κ2) is 6.29. The van der Waals surface area contributed by atoms with E-state index in [4.69, 9.17) is 16.2 Å². The van der Waals surface area contributed by atoms with Gasteiger partial charge in [-0.3, -0.25) is 0 Å². The zero-order valence-electron chi connectivity index (χ0n) is 9.28. The zero-order valence-corrected chi connectivity index (χ0v) is 9.28. The van der Waals surface area contributed by atoms with Gasteiger partial charge in [-0.05, 0) is 12.8 Å². The Morgan fingerprint density at radius 3 is 2.60 bits per heavy atom. The van der Waals surface area contributed by atoms with Crippen molar-refractivity contribution in [2.45, 2.75) is 32.2 Å². The van der Waals surface area contributed by atoms with E-state index in [-0.39, 0.29) is 0 Å². The SMILES string of the molecule is COCCCCCCn1ncc(N)c1N. The highest BCUT2D eigenvalue weighted by molar-refractivity contribution is 5.56. The van der Waals surface area contributed by atoms with Crippen LogP contribution in [-0.2, 0) is 11.3 Å². The van der Waals surface area contributed by atoms with Gasteiger partial charge in [-0.25, -0.2) is 4.68 Å². The number of rotatable bonds is 7. The number of hydrogen-bond donors (Lipinski definition) is 2. The Labute approximate surface area is 90.4 Å². The molecule has 1 heterocycles. The van der Waals surface area contributed by atoms with Crippen LogP contribution in [0, 0.1) is 0 Å². The van der Waals surface area contributed by atoms with E-state index in [9.17, 15) is 0 Å². The van der Waals surface area contributed by atoms with E-state index in [1.165, 1.54) is 12.8 Å². The largest absolute Gasteiger partial charge is 0.394 e. The van der Waals surface area contributed by atoms with Crippen molar-refractivity contribution in [3.05, 3.63) is 6.20 Å². The van der Waals surface area contributed by atoms with E-state index in [2.05, 4.69) is 5.10 Å². The van der Waals surface area contributed by atoms with Crippen molar-refractivity contribution in [1.29, 1.82) is 0 Å². The van der Waals surface area contributed by atoms with Gasteiger partial charge in [0.1, 0.15) is 5.82 Å². The number of methoxy groups -OCH3 is 1. The summed E-state index contributed by atoms with van der Waals surface area (Å²) in [6, 6.07) is 0. The lowest BCUT2D eigenvalue weighted by Crippen LogP contribution is -2.05. The predicted octanol–water partition coefficient (Wildman–Crippen LogP) is 1.25. The van der Waals surface area contributed by atoms with Crippen molar-refractivity contribution in [2.24, 2.45) is 0 Å². The molecule has 0 spiro atoms. The first-order chi connectivity index (χ1) is 7.25. The van der Waals surface area contributed by atoms with Crippen molar-refractivity contribution >= 4 is 11.5 Å². The molecule has 1 rings (SSSR count). The number of unbranched alkanes of at least 4 members (excludes halogenated alkanes) is 3. The molecular weight excluding hydrogens is 192 g/mol. The average molecular weight is 212 g/mol. The molecule has 0 unspecified atom stereocenters. The third-order valence-corrected chi connectivity index (χ3v) is 2.38. The predicted molar refractivity (Wildman–Crippen MR) is 61.4 cm³/mol. The summed E-state index contributed by atoms with van der Waals surface area (Å²) in [6.07, 6.45) is 6.15. The molecule has 0 aliphatic heterocycles. The number of ether oxygens (including phenoxy) is 1. The van der Waals surface area contributed by atoms with Crippen LogP contribution >= 0.6 is 0 Å². The van der Waals surface area contributed by atoms with Gasteiger partial charge < -0.3 is 16.2 Å². The zero-order chi connectivity index (χ0) is 11.1. The fourth-order valence-corrected chi connectivity index (χ4v) is 1.45. The van der Waals surface area contributed by atoms with E-state index in [1.54, 1.807) is 18.0 Å². The highest BCUT2D eigenvalue weighted by Crippen LogP contribution is 2.13. The average Bonchev–Trinajstić information content (AvgIpc) is 2.54. The topological polar surface area (TPSA) is 79.1 Å². The third-order valence-electron chi connectivity index (χ3n) is 2.38. The van der Waals surface area contributed by atoms with Crippen molar-refractivity contribution in [3.8, 4) is 0 Å².